The summed E-state index contributed by atoms with van der Waals surface area (Å²) in [6, 6.07) is 5.13. The van der Waals surface area contributed by atoms with Crippen molar-refractivity contribution < 1.29 is 9.18 Å². The van der Waals surface area contributed by atoms with Gasteiger partial charge in [0.2, 0.25) is 5.91 Å². The first-order chi connectivity index (χ1) is 10.4. The molecule has 0 bridgehead atoms. The van der Waals surface area contributed by atoms with Crippen LogP contribution < -0.4 is 16.0 Å². The fourth-order valence-corrected chi connectivity index (χ4v) is 1.91. The maximum atomic E-state index is 13.2. The molecule has 0 spiro atoms. The van der Waals surface area contributed by atoms with Crippen LogP contribution in [0.1, 0.15) is 31.4 Å². The number of halogens is 1. The number of carbonyl (C=O) groups is 1. The number of rotatable bonds is 6. The fourth-order valence-electron chi connectivity index (χ4n) is 1.91. The van der Waals surface area contributed by atoms with Crippen LogP contribution in [-0.4, -0.2) is 31.5 Å². The van der Waals surface area contributed by atoms with Crippen LogP contribution in [0.2, 0.25) is 0 Å². The lowest BCUT2D eigenvalue weighted by atomic mass is 10.1. The highest BCUT2D eigenvalue weighted by molar-refractivity contribution is 5.81. The number of hydrogen-bond donors (Lipinski definition) is 3. The van der Waals surface area contributed by atoms with Crippen molar-refractivity contribution in [1.29, 1.82) is 0 Å². The maximum Gasteiger partial charge on any atom is 0.221 e. The van der Waals surface area contributed by atoms with Crippen LogP contribution in [0, 0.1) is 12.7 Å². The summed E-state index contributed by atoms with van der Waals surface area (Å²) in [5.41, 5.74) is 1.59. The third-order valence-corrected chi connectivity index (χ3v) is 3.00. The van der Waals surface area contributed by atoms with E-state index >= 15 is 0 Å². The number of amides is 1. The second kappa shape index (κ2) is 9.02. The molecule has 0 aliphatic rings. The van der Waals surface area contributed by atoms with E-state index in [1.807, 2.05) is 13.8 Å². The van der Waals surface area contributed by atoms with Crippen molar-refractivity contribution in [2.45, 2.75) is 39.8 Å². The number of hydrogen-bond acceptors (Lipinski definition) is 2. The normalized spacial score (nSPS) is 11.5. The molecule has 0 saturated heterocycles. The predicted molar refractivity (Wildman–Crippen MR) is 87.2 cm³/mol. The van der Waals surface area contributed by atoms with Gasteiger partial charge in [0.1, 0.15) is 5.82 Å². The van der Waals surface area contributed by atoms with Gasteiger partial charge in [0, 0.05) is 32.6 Å². The highest BCUT2D eigenvalue weighted by atomic mass is 19.1. The van der Waals surface area contributed by atoms with Gasteiger partial charge in [0.15, 0.2) is 5.96 Å². The summed E-state index contributed by atoms with van der Waals surface area (Å²) in [6.45, 7) is 6.63. The largest absolute Gasteiger partial charge is 0.356 e. The summed E-state index contributed by atoms with van der Waals surface area (Å²) < 4.78 is 13.2. The Morgan fingerprint density at radius 2 is 2.05 bits per heavy atom. The Balaban J connectivity index is 2.36. The molecule has 0 aliphatic heterocycles. The highest BCUT2D eigenvalue weighted by Crippen LogP contribution is 2.08. The van der Waals surface area contributed by atoms with E-state index in [-0.39, 0.29) is 17.8 Å². The third-order valence-electron chi connectivity index (χ3n) is 3.00. The zero-order chi connectivity index (χ0) is 16.5. The summed E-state index contributed by atoms with van der Waals surface area (Å²) in [6.07, 6.45) is 0.383. The smallest absolute Gasteiger partial charge is 0.221 e. The molecule has 0 fully saturated rings. The van der Waals surface area contributed by atoms with Crippen LogP contribution in [0.15, 0.2) is 23.2 Å². The fraction of sp³-hybridized carbons (Fsp3) is 0.500. The van der Waals surface area contributed by atoms with E-state index in [0.717, 1.165) is 5.56 Å². The number of nitrogens with zero attached hydrogens (tertiary/aromatic N) is 1. The zero-order valence-electron chi connectivity index (χ0n) is 13.7. The van der Waals surface area contributed by atoms with Crippen LogP contribution in [0.3, 0.4) is 0 Å². The number of aliphatic imine (C=N–C) groups is 1. The van der Waals surface area contributed by atoms with E-state index in [4.69, 9.17) is 0 Å². The summed E-state index contributed by atoms with van der Waals surface area (Å²) in [4.78, 5) is 15.6. The summed E-state index contributed by atoms with van der Waals surface area (Å²) in [5, 5.41) is 9.03. The first-order valence-electron chi connectivity index (χ1n) is 7.41. The van der Waals surface area contributed by atoms with Crippen molar-refractivity contribution in [3.63, 3.8) is 0 Å². The van der Waals surface area contributed by atoms with Gasteiger partial charge in [-0.05, 0) is 38.0 Å². The van der Waals surface area contributed by atoms with Gasteiger partial charge in [-0.3, -0.25) is 9.79 Å². The lowest BCUT2D eigenvalue weighted by Crippen LogP contribution is -2.39. The number of aryl methyl sites for hydroxylation is 1. The Bertz CT molecular complexity index is 529. The topological polar surface area (TPSA) is 65.5 Å². The molecule has 5 nitrogen and oxygen atoms in total. The van der Waals surface area contributed by atoms with Crippen molar-refractivity contribution in [1.82, 2.24) is 16.0 Å². The van der Waals surface area contributed by atoms with Gasteiger partial charge in [-0.25, -0.2) is 4.39 Å². The molecule has 1 rings (SSSR count). The SMILES string of the molecule is CN=C(NCCC(=O)NC(C)C)NCc1ccc(F)c(C)c1. The lowest BCUT2D eigenvalue weighted by molar-refractivity contribution is -0.121. The van der Waals surface area contributed by atoms with Crippen molar-refractivity contribution >= 4 is 11.9 Å². The van der Waals surface area contributed by atoms with Crippen molar-refractivity contribution in [2.75, 3.05) is 13.6 Å². The maximum absolute atomic E-state index is 13.2. The number of carbonyl (C=O) groups excluding carboxylic acids is 1. The second-order valence-corrected chi connectivity index (χ2v) is 5.41. The van der Waals surface area contributed by atoms with Gasteiger partial charge < -0.3 is 16.0 Å². The molecule has 122 valence electrons. The molecule has 0 unspecified atom stereocenters. The molecule has 3 N–H and O–H groups in total. The molecule has 0 saturated carbocycles. The van der Waals surface area contributed by atoms with Crippen LogP contribution in [-0.2, 0) is 11.3 Å². The Hall–Kier alpha value is -2.11. The van der Waals surface area contributed by atoms with E-state index in [0.29, 0.717) is 31.0 Å². The molecule has 6 heteroatoms. The van der Waals surface area contributed by atoms with E-state index in [2.05, 4.69) is 20.9 Å². The van der Waals surface area contributed by atoms with Gasteiger partial charge in [0.25, 0.3) is 0 Å². The van der Waals surface area contributed by atoms with Gasteiger partial charge in [-0.1, -0.05) is 12.1 Å². The van der Waals surface area contributed by atoms with E-state index in [1.165, 1.54) is 6.07 Å². The first kappa shape index (κ1) is 17.9. The summed E-state index contributed by atoms with van der Waals surface area (Å²) in [7, 11) is 1.67. The minimum atomic E-state index is -0.206. The Morgan fingerprint density at radius 3 is 2.64 bits per heavy atom. The molecule has 1 aromatic rings. The molecule has 0 heterocycles. The molecule has 0 radical (unpaired) electrons. The predicted octanol–water partition coefficient (Wildman–Crippen LogP) is 1.71. The van der Waals surface area contributed by atoms with Gasteiger partial charge >= 0.3 is 0 Å². The number of benzene rings is 1. The molecule has 1 aromatic carbocycles. The average molecular weight is 308 g/mol. The Morgan fingerprint density at radius 1 is 1.32 bits per heavy atom. The van der Waals surface area contributed by atoms with E-state index in [1.54, 1.807) is 26.1 Å². The average Bonchev–Trinajstić information content (AvgIpc) is 2.45. The standard InChI is InChI=1S/C16H25FN4O/c1-11(2)21-15(22)7-8-19-16(18-4)20-10-13-5-6-14(17)12(3)9-13/h5-6,9,11H,7-8,10H2,1-4H3,(H,21,22)(H2,18,19,20). The van der Waals surface area contributed by atoms with Gasteiger partial charge in [0.05, 0.1) is 0 Å². The quantitative estimate of drug-likeness (QED) is 0.554. The van der Waals surface area contributed by atoms with Crippen LogP contribution >= 0.6 is 0 Å². The van der Waals surface area contributed by atoms with Crippen molar-refractivity contribution in [3.05, 3.63) is 35.1 Å². The summed E-state index contributed by atoms with van der Waals surface area (Å²) >= 11 is 0. The van der Waals surface area contributed by atoms with Crippen molar-refractivity contribution in [3.8, 4) is 0 Å². The summed E-state index contributed by atoms with van der Waals surface area (Å²) in [5.74, 6) is 0.411. The first-order valence-corrected chi connectivity index (χ1v) is 7.41. The minimum absolute atomic E-state index is 0.00659. The van der Waals surface area contributed by atoms with Crippen LogP contribution in [0.4, 0.5) is 4.39 Å². The number of guanidine groups is 1. The van der Waals surface area contributed by atoms with E-state index < -0.39 is 0 Å². The Labute approximate surface area is 131 Å². The minimum Gasteiger partial charge on any atom is -0.356 e. The van der Waals surface area contributed by atoms with E-state index in [9.17, 15) is 9.18 Å². The van der Waals surface area contributed by atoms with Crippen LogP contribution in [0.25, 0.3) is 0 Å². The lowest BCUT2D eigenvalue weighted by Gasteiger charge is -2.13. The van der Waals surface area contributed by atoms with Gasteiger partial charge in [-0.15, -0.1) is 0 Å². The molecule has 0 aromatic heterocycles. The molecule has 0 aliphatic carbocycles. The molecular weight excluding hydrogens is 283 g/mol. The molecule has 0 atom stereocenters. The molecule has 1 amide bonds. The van der Waals surface area contributed by atoms with Gasteiger partial charge in [-0.2, -0.15) is 0 Å². The molecular formula is C16H25FN4O. The highest BCUT2D eigenvalue weighted by Gasteiger charge is 2.04. The monoisotopic (exact) mass is 308 g/mol. The second-order valence-electron chi connectivity index (χ2n) is 5.41. The zero-order valence-corrected chi connectivity index (χ0v) is 13.7. The third kappa shape index (κ3) is 6.56. The number of nitrogens with one attached hydrogen (secondary N) is 3. The van der Waals surface area contributed by atoms with Crippen molar-refractivity contribution in [2.24, 2.45) is 4.99 Å². The molecule has 22 heavy (non-hydrogen) atoms. The Kier molecular flexibility index (Phi) is 7.36. The van der Waals surface area contributed by atoms with Crippen LogP contribution in [0.5, 0.6) is 0 Å².